The Morgan fingerprint density at radius 1 is 1.19 bits per heavy atom. The van der Waals surface area contributed by atoms with E-state index in [0.717, 1.165) is 22.5 Å². The highest BCUT2D eigenvalue weighted by Crippen LogP contribution is 2.20. The van der Waals surface area contributed by atoms with E-state index in [0.29, 0.717) is 10.2 Å². The van der Waals surface area contributed by atoms with Crippen LogP contribution in [0.2, 0.25) is 0 Å². The van der Waals surface area contributed by atoms with Crippen LogP contribution in [0, 0.1) is 11.7 Å². The fourth-order valence-corrected chi connectivity index (χ4v) is 2.68. The Morgan fingerprint density at radius 2 is 1.95 bits per heavy atom. The van der Waals surface area contributed by atoms with Gasteiger partial charge in [-0.1, -0.05) is 12.1 Å². The number of H-pyrrole nitrogens is 1. The van der Waals surface area contributed by atoms with Gasteiger partial charge in [0.1, 0.15) is 5.75 Å². The number of ether oxygens (including phenoxy) is 1. The minimum atomic E-state index is -0.123. The third-order valence-electron chi connectivity index (χ3n) is 3.45. The Hall–Kier alpha value is -2.40. The molecule has 4 nitrogen and oxygen atoms in total. The maximum absolute atomic E-state index is 12.7. The lowest BCUT2D eigenvalue weighted by molar-refractivity contribution is 0.414. The van der Waals surface area contributed by atoms with Gasteiger partial charge in [0.2, 0.25) is 0 Å². The Kier molecular flexibility index (Phi) is 3.35. The second kappa shape index (κ2) is 5.18. The first-order valence-electron chi connectivity index (χ1n) is 6.51. The summed E-state index contributed by atoms with van der Waals surface area (Å²) in [6.07, 6.45) is 0. The molecule has 5 heteroatoms. The molecule has 0 saturated carbocycles. The van der Waals surface area contributed by atoms with E-state index in [1.54, 1.807) is 13.2 Å². The highest BCUT2D eigenvalue weighted by atomic mass is 32.1. The zero-order valence-electron chi connectivity index (χ0n) is 11.7. The minimum Gasteiger partial charge on any atom is -0.497 e. The predicted octanol–water partition coefficient (Wildman–Crippen LogP) is 3.37. The lowest BCUT2D eigenvalue weighted by Gasteiger charge is -2.12. The van der Waals surface area contributed by atoms with Crippen LogP contribution in [-0.2, 0) is 0 Å². The number of nitrogens with one attached hydrogen (secondary N) is 1. The van der Waals surface area contributed by atoms with Crippen molar-refractivity contribution in [3.05, 3.63) is 63.2 Å². The summed E-state index contributed by atoms with van der Waals surface area (Å²) in [7, 11) is 1.61. The van der Waals surface area contributed by atoms with Crippen molar-refractivity contribution >= 4 is 23.1 Å². The Balaban J connectivity index is 2.35. The van der Waals surface area contributed by atoms with Gasteiger partial charge in [-0.3, -0.25) is 9.36 Å². The summed E-state index contributed by atoms with van der Waals surface area (Å²) < 4.78 is 7.10. The number of aromatic amines is 1. The van der Waals surface area contributed by atoms with E-state index < -0.39 is 0 Å². The summed E-state index contributed by atoms with van der Waals surface area (Å²) in [4.78, 5) is 15.8. The molecule has 3 rings (SSSR count). The molecule has 3 aromatic rings. The van der Waals surface area contributed by atoms with Crippen molar-refractivity contribution in [3.63, 3.8) is 0 Å². The Bertz CT molecular complexity index is 941. The van der Waals surface area contributed by atoms with Crippen LogP contribution in [0.15, 0.2) is 47.3 Å². The van der Waals surface area contributed by atoms with Crippen molar-refractivity contribution in [3.8, 4) is 11.4 Å². The monoisotopic (exact) mass is 298 g/mol. The van der Waals surface area contributed by atoms with E-state index in [9.17, 15) is 4.79 Å². The van der Waals surface area contributed by atoms with Crippen LogP contribution in [0.4, 0.5) is 0 Å². The molecule has 0 aliphatic heterocycles. The molecule has 2 aromatic carbocycles. The van der Waals surface area contributed by atoms with Crippen LogP contribution < -0.4 is 10.3 Å². The Labute approximate surface area is 126 Å². The molecule has 0 atom stereocenters. The van der Waals surface area contributed by atoms with Crippen LogP contribution in [0.25, 0.3) is 16.6 Å². The van der Waals surface area contributed by atoms with Gasteiger partial charge in [0.25, 0.3) is 5.56 Å². The van der Waals surface area contributed by atoms with Gasteiger partial charge < -0.3 is 9.72 Å². The van der Waals surface area contributed by atoms with Crippen molar-refractivity contribution in [2.75, 3.05) is 7.11 Å². The molecule has 0 saturated heterocycles. The number of hydrogen-bond acceptors (Lipinski definition) is 3. The summed E-state index contributed by atoms with van der Waals surface area (Å²) in [6.45, 7) is 1.92. The smallest absolute Gasteiger partial charge is 0.266 e. The summed E-state index contributed by atoms with van der Waals surface area (Å²) in [5.74, 6) is 0.750. The lowest BCUT2D eigenvalue weighted by Crippen LogP contribution is -2.21. The quantitative estimate of drug-likeness (QED) is 0.738. The van der Waals surface area contributed by atoms with Gasteiger partial charge in [-0.2, -0.15) is 0 Å². The zero-order valence-corrected chi connectivity index (χ0v) is 12.5. The maximum Gasteiger partial charge on any atom is 0.266 e. The average Bonchev–Trinajstić information content (AvgIpc) is 2.48. The molecule has 1 N–H and O–H groups in total. The number of aryl methyl sites for hydroxylation is 1. The van der Waals surface area contributed by atoms with Crippen LogP contribution in [0.3, 0.4) is 0 Å². The number of benzene rings is 2. The Morgan fingerprint density at radius 3 is 2.67 bits per heavy atom. The normalized spacial score (nSPS) is 10.8. The van der Waals surface area contributed by atoms with E-state index in [1.165, 1.54) is 4.57 Å². The van der Waals surface area contributed by atoms with Crippen LogP contribution in [0.5, 0.6) is 5.75 Å². The third-order valence-corrected chi connectivity index (χ3v) is 3.73. The summed E-state index contributed by atoms with van der Waals surface area (Å²) in [5.41, 5.74) is 2.30. The molecule has 1 aromatic heterocycles. The standard InChI is InChI=1S/C16H14N2O2S/c1-10-9-11(20-2)7-8-14(10)18-15(19)12-5-3-4-6-13(12)17-16(18)21/h3-9H,1-2H3,(H,17,21). The summed E-state index contributed by atoms with van der Waals surface area (Å²) in [5, 5.41) is 0.612. The molecule has 106 valence electrons. The maximum atomic E-state index is 12.7. The van der Waals surface area contributed by atoms with Gasteiger partial charge in [0, 0.05) is 0 Å². The van der Waals surface area contributed by atoms with Crippen LogP contribution in [-0.4, -0.2) is 16.7 Å². The average molecular weight is 298 g/mol. The van der Waals surface area contributed by atoms with E-state index in [-0.39, 0.29) is 5.56 Å². The van der Waals surface area contributed by atoms with Gasteiger partial charge in [-0.25, -0.2) is 0 Å². The number of methoxy groups -OCH3 is 1. The van der Waals surface area contributed by atoms with E-state index in [2.05, 4.69) is 4.98 Å². The van der Waals surface area contributed by atoms with Gasteiger partial charge in [-0.15, -0.1) is 0 Å². The second-order valence-corrected chi connectivity index (χ2v) is 5.16. The van der Waals surface area contributed by atoms with Gasteiger partial charge in [-0.05, 0) is 55.0 Å². The highest BCUT2D eigenvalue weighted by molar-refractivity contribution is 7.71. The van der Waals surface area contributed by atoms with E-state index >= 15 is 0 Å². The topological polar surface area (TPSA) is 47.0 Å². The molecule has 0 bridgehead atoms. The van der Waals surface area contributed by atoms with Gasteiger partial charge >= 0.3 is 0 Å². The van der Waals surface area contributed by atoms with Crippen molar-refractivity contribution < 1.29 is 4.74 Å². The molecule has 0 spiro atoms. The van der Waals surface area contributed by atoms with Crippen molar-refractivity contribution in [1.29, 1.82) is 0 Å². The fourth-order valence-electron chi connectivity index (χ4n) is 2.39. The SMILES string of the molecule is COc1ccc(-n2c(=S)[nH]c3ccccc3c2=O)c(C)c1. The molecule has 0 fully saturated rings. The van der Waals surface area contributed by atoms with Crippen molar-refractivity contribution in [2.24, 2.45) is 0 Å². The largest absolute Gasteiger partial charge is 0.497 e. The molecule has 0 amide bonds. The number of fused-ring (bicyclic) bond motifs is 1. The second-order valence-electron chi connectivity index (χ2n) is 4.77. The molecule has 0 unspecified atom stereocenters. The third kappa shape index (κ3) is 2.25. The van der Waals surface area contributed by atoms with Crippen LogP contribution >= 0.6 is 12.2 Å². The van der Waals surface area contributed by atoms with Crippen molar-refractivity contribution in [1.82, 2.24) is 9.55 Å². The molecule has 21 heavy (non-hydrogen) atoms. The first-order chi connectivity index (χ1) is 10.1. The fraction of sp³-hybridized carbons (Fsp3) is 0.125. The molecule has 1 heterocycles. The summed E-state index contributed by atoms with van der Waals surface area (Å²) >= 11 is 5.35. The van der Waals surface area contributed by atoms with E-state index in [4.69, 9.17) is 17.0 Å². The highest BCUT2D eigenvalue weighted by Gasteiger charge is 2.09. The first-order valence-corrected chi connectivity index (χ1v) is 6.92. The van der Waals surface area contributed by atoms with Crippen molar-refractivity contribution in [2.45, 2.75) is 6.92 Å². The van der Waals surface area contributed by atoms with Gasteiger partial charge in [0.15, 0.2) is 4.77 Å². The molecule has 0 aliphatic carbocycles. The van der Waals surface area contributed by atoms with Crippen LogP contribution in [0.1, 0.15) is 5.56 Å². The number of nitrogens with zero attached hydrogens (tertiary/aromatic N) is 1. The number of hydrogen-bond donors (Lipinski definition) is 1. The predicted molar refractivity (Wildman–Crippen MR) is 86.0 cm³/mol. The molecular weight excluding hydrogens is 284 g/mol. The summed E-state index contributed by atoms with van der Waals surface area (Å²) in [6, 6.07) is 12.9. The van der Waals surface area contributed by atoms with E-state index in [1.807, 2.05) is 43.3 Å². The minimum absolute atomic E-state index is 0.123. The molecule has 0 radical (unpaired) electrons. The molecular formula is C16H14N2O2S. The first kappa shape index (κ1) is 13.6. The number of aromatic nitrogens is 2. The van der Waals surface area contributed by atoms with Gasteiger partial charge in [0.05, 0.1) is 23.7 Å². The zero-order chi connectivity index (χ0) is 15.0. The number of para-hydroxylation sites is 1. The molecule has 0 aliphatic rings. The number of rotatable bonds is 2. The lowest BCUT2D eigenvalue weighted by atomic mass is 10.2.